The topological polar surface area (TPSA) is 55.8 Å². The van der Waals surface area contributed by atoms with Crippen molar-refractivity contribution in [1.82, 2.24) is 0 Å². The highest BCUT2D eigenvalue weighted by Gasteiger charge is 2.40. The van der Waals surface area contributed by atoms with Crippen LogP contribution in [0.2, 0.25) is 0 Å². The number of anilines is 1. The third kappa shape index (κ3) is 3.07. The fraction of sp³-hybridized carbons (Fsp3) is 0.304. The van der Waals surface area contributed by atoms with Gasteiger partial charge in [-0.05, 0) is 31.0 Å². The third-order valence-corrected chi connectivity index (χ3v) is 5.50. The molecule has 0 saturated carbocycles. The molecule has 4 rings (SSSR count). The molecule has 1 aliphatic heterocycles. The highest BCUT2D eigenvalue weighted by atomic mass is 16.5. The molecular weight excluding hydrogens is 354 g/mol. The lowest BCUT2D eigenvalue weighted by Crippen LogP contribution is -2.40. The van der Waals surface area contributed by atoms with E-state index < -0.39 is 0 Å². The molecule has 1 unspecified atom stereocenters. The first-order valence-corrected chi connectivity index (χ1v) is 9.50. The van der Waals surface area contributed by atoms with Crippen molar-refractivity contribution in [3.63, 3.8) is 0 Å². The minimum atomic E-state index is -0.270. The second-order valence-corrected chi connectivity index (χ2v) is 7.07. The number of amides is 1. The number of hydrogen-bond donors (Lipinski definition) is 0. The minimum absolute atomic E-state index is 0.0161. The highest BCUT2D eigenvalue weighted by Crippen LogP contribution is 2.45. The van der Waals surface area contributed by atoms with Crippen LogP contribution in [0.3, 0.4) is 0 Å². The van der Waals surface area contributed by atoms with Crippen molar-refractivity contribution >= 4 is 17.4 Å². The quantitative estimate of drug-likeness (QED) is 0.800. The molecule has 2 aromatic carbocycles. The first kappa shape index (κ1) is 18.3. The van der Waals surface area contributed by atoms with Crippen LogP contribution in [0.15, 0.2) is 59.8 Å². The molecule has 1 aliphatic carbocycles. The van der Waals surface area contributed by atoms with E-state index in [0.717, 1.165) is 28.9 Å². The molecule has 5 nitrogen and oxygen atoms in total. The summed E-state index contributed by atoms with van der Waals surface area (Å²) >= 11 is 0. The van der Waals surface area contributed by atoms with Crippen LogP contribution in [0.1, 0.15) is 37.2 Å². The summed E-state index contributed by atoms with van der Waals surface area (Å²) < 4.78 is 10.8. The van der Waals surface area contributed by atoms with Gasteiger partial charge in [0.15, 0.2) is 5.78 Å². The lowest BCUT2D eigenvalue weighted by atomic mass is 9.77. The van der Waals surface area contributed by atoms with E-state index in [1.165, 1.54) is 0 Å². The van der Waals surface area contributed by atoms with E-state index in [0.29, 0.717) is 24.3 Å². The number of ketones is 1. The van der Waals surface area contributed by atoms with Crippen molar-refractivity contribution in [2.24, 2.45) is 0 Å². The molecule has 0 aromatic heterocycles. The van der Waals surface area contributed by atoms with Crippen LogP contribution in [0.5, 0.6) is 11.5 Å². The highest BCUT2D eigenvalue weighted by molar-refractivity contribution is 6.07. The van der Waals surface area contributed by atoms with Gasteiger partial charge in [-0.2, -0.15) is 0 Å². The summed E-state index contributed by atoms with van der Waals surface area (Å²) in [4.78, 5) is 27.9. The van der Waals surface area contributed by atoms with E-state index in [1.807, 2.05) is 48.5 Å². The third-order valence-electron chi connectivity index (χ3n) is 5.50. The summed E-state index contributed by atoms with van der Waals surface area (Å²) in [6, 6.07) is 15.1. The van der Waals surface area contributed by atoms with Gasteiger partial charge in [0.1, 0.15) is 11.5 Å². The van der Waals surface area contributed by atoms with Crippen molar-refractivity contribution in [1.29, 1.82) is 0 Å². The molecule has 0 fully saturated rings. The average molecular weight is 377 g/mol. The number of rotatable bonds is 4. The monoisotopic (exact) mass is 377 g/mol. The Bertz CT molecular complexity index is 963. The summed E-state index contributed by atoms with van der Waals surface area (Å²) in [5, 5.41) is 0. The van der Waals surface area contributed by atoms with E-state index in [2.05, 4.69) is 0 Å². The van der Waals surface area contributed by atoms with E-state index in [9.17, 15) is 9.59 Å². The summed E-state index contributed by atoms with van der Waals surface area (Å²) in [6.07, 6.45) is 2.21. The Hall–Kier alpha value is -3.08. The largest absolute Gasteiger partial charge is 0.497 e. The Balaban J connectivity index is 1.87. The predicted molar refractivity (Wildman–Crippen MR) is 107 cm³/mol. The summed E-state index contributed by atoms with van der Waals surface area (Å²) in [7, 11) is 3.22. The van der Waals surface area contributed by atoms with Crippen molar-refractivity contribution < 1.29 is 19.1 Å². The molecule has 0 saturated heterocycles. The fourth-order valence-electron chi connectivity index (χ4n) is 4.26. The van der Waals surface area contributed by atoms with E-state index in [1.54, 1.807) is 19.1 Å². The molecular formula is C23H23NO4. The fourth-order valence-corrected chi connectivity index (χ4v) is 4.26. The molecule has 1 atom stereocenters. The Morgan fingerprint density at radius 3 is 2.57 bits per heavy atom. The van der Waals surface area contributed by atoms with Crippen LogP contribution in [-0.2, 0) is 9.59 Å². The Labute approximate surface area is 164 Å². The zero-order valence-corrected chi connectivity index (χ0v) is 16.1. The van der Waals surface area contributed by atoms with Gasteiger partial charge in [-0.1, -0.05) is 24.3 Å². The minimum Gasteiger partial charge on any atom is -0.497 e. The van der Waals surface area contributed by atoms with Crippen LogP contribution < -0.4 is 14.4 Å². The SMILES string of the molecule is COc1cccc(N2C(=O)CC(c3ccccc3OC)C3=C2CCCC3=O)c1. The number of para-hydroxylation sites is 1. The number of carbonyl (C=O) groups is 2. The number of methoxy groups -OCH3 is 2. The van der Waals surface area contributed by atoms with Gasteiger partial charge in [0, 0.05) is 41.7 Å². The summed E-state index contributed by atoms with van der Waals surface area (Å²) in [5.41, 5.74) is 3.20. The zero-order valence-electron chi connectivity index (χ0n) is 16.1. The average Bonchev–Trinajstić information content (AvgIpc) is 2.73. The molecule has 5 heteroatoms. The lowest BCUT2D eigenvalue weighted by molar-refractivity contribution is -0.119. The van der Waals surface area contributed by atoms with Gasteiger partial charge in [-0.3, -0.25) is 14.5 Å². The molecule has 0 radical (unpaired) electrons. The predicted octanol–water partition coefficient (Wildman–Crippen LogP) is 4.23. The normalized spacial score (nSPS) is 19.5. The van der Waals surface area contributed by atoms with Crippen LogP contribution in [-0.4, -0.2) is 25.9 Å². The second-order valence-electron chi connectivity index (χ2n) is 7.07. The molecule has 0 N–H and O–H groups in total. The first-order valence-electron chi connectivity index (χ1n) is 9.50. The second kappa shape index (κ2) is 7.50. The standard InChI is InChI=1S/C23H23NO4/c1-27-16-8-5-7-15(13-16)24-19-10-6-11-20(25)23(19)18(14-22(24)26)17-9-3-4-12-21(17)28-2/h3-5,7-9,12-13,18H,6,10-11,14H2,1-2H3. The maximum Gasteiger partial charge on any atom is 0.232 e. The van der Waals surface area contributed by atoms with Crippen molar-refractivity contribution in [3.8, 4) is 11.5 Å². The molecule has 0 bridgehead atoms. The van der Waals surface area contributed by atoms with Crippen LogP contribution in [0.4, 0.5) is 5.69 Å². The number of carbonyl (C=O) groups excluding carboxylic acids is 2. The van der Waals surface area contributed by atoms with Gasteiger partial charge in [0.2, 0.25) is 5.91 Å². The molecule has 1 amide bonds. The van der Waals surface area contributed by atoms with Gasteiger partial charge >= 0.3 is 0 Å². The molecule has 1 heterocycles. The Kier molecular flexibility index (Phi) is 4.90. The van der Waals surface area contributed by atoms with Crippen molar-refractivity contribution in [2.75, 3.05) is 19.1 Å². The maximum atomic E-state index is 13.2. The summed E-state index contributed by atoms with van der Waals surface area (Å²) in [6.45, 7) is 0. The molecule has 2 aromatic rings. The lowest BCUT2D eigenvalue weighted by Gasteiger charge is -2.38. The number of benzene rings is 2. The number of ether oxygens (including phenoxy) is 2. The smallest absolute Gasteiger partial charge is 0.232 e. The van der Waals surface area contributed by atoms with E-state index in [-0.39, 0.29) is 24.0 Å². The molecule has 2 aliphatic rings. The van der Waals surface area contributed by atoms with E-state index >= 15 is 0 Å². The van der Waals surface area contributed by atoms with Crippen LogP contribution in [0, 0.1) is 0 Å². The van der Waals surface area contributed by atoms with Gasteiger partial charge < -0.3 is 9.47 Å². The number of Topliss-reactive ketones (excluding diaryl/α,β-unsaturated/α-hetero) is 1. The summed E-state index contributed by atoms with van der Waals surface area (Å²) in [5.74, 6) is 1.23. The van der Waals surface area contributed by atoms with Crippen LogP contribution in [0.25, 0.3) is 0 Å². The molecule has 0 spiro atoms. The van der Waals surface area contributed by atoms with Crippen molar-refractivity contribution in [3.05, 3.63) is 65.4 Å². The number of allylic oxidation sites excluding steroid dienone is 2. The number of hydrogen-bond acceptors (Lipinski definition) is 4. The van der Waals surface area contributed by atoms with Gasteiger partial charge in [0.25, 0.3) is 0 Å². The maximum absolute atomic E-state index is 13.2. The number of nitrogens with zero attached hydrogens (tertiary/aromatic N) is 1. The van der Waals surface area contributed by atoms with Gasteiger partial charge in [-0.25, -0.2) is 0 Å². The van der Waals surface area contributed by atoms with Gasteiger partial charge in [0.05, 0.1) is 19.9 Å². The van der Waals surface area contributed by atoms with Crippen molar-refractivity contribution in [2.45, 2.75) is 31.6 Å². The Morgan fingerprint density at radius 1 is 0.964 bits per heavy atom. The molecule has 28 heavy (non-hydrogen) atoms. The Morgan fingerprint density at radius 2 is 1.79 bits per heavy atom. The van der Waals surface area contributed by atoms with Crippen LogP contribution >= 0.6 is 0 Å². The first-order chi connectivity index (χ1) is 13.6. The van der Waals surface area contributed by atoms with E-state index in [4.69, 9.17) is 9.47 Å². The van der Waals surface area contributed by atoms with Gasteiger partial charge in [-0.15, -0.1) is 0 Å². The zero-order chi connectivity index (χ0) is 19.7. The molecule has 144 valence electrons.